The van der Waals surface area contributed by atoms with Gasteiger partial charge in [-0.15, -0.1) is 10.7 Å². The van der Waals surface area contributed by atoms with Crippen LogP contribution >= 0.6 is 0 Å². The second-order valence-electron chi connectivity index (χ2n) is 0.966. The molecule has 0 aliphatic carbocycles. The van der Waals surface area contributed by atoms with Crippen LogP contribution in [0.15, 0.2) is 10.7 Å². The standard InChI is InChI=1S/C2H4O2.2Al.2HNO2.2H/c3-1-2-4;;;2*2-1-3;;/h1-2H2;;;2*(H,2,3);;/q-2;2*+1;;;;/p-2. The zero-order valence-electron chi connectivity index (χ0n) is 6.17. The van der Waals surface area contributed by atoms with E-state index in [1.165, 1.54) is 33.2 Å². The normalized spacial score (nSPS) is 6.33. The zero-order chi connectivity index (χ0) is 10.2. The second-order valence-corrected chi connectivity index (χ2v) is 1.78. The maximum Gasteiger partial charge on any atom is 0.394 e. The van der Waals surface area contributed by atoms with Gasteiger partial charge in [0, 0.05) is 13.2 Å². The van der Waals surface area contributed by atoms with Gasteiger partial charge in [0.2, 0.25) is 0 Å². The lowest BCUT2D eigenvalue weighted by atomic mass is 10.8. The van der Waals surface area contributed by atoms with Gasteiger partial charge in [-0.1, -0.05) is 0 Å². The summed E-state index contributed by atoms with van der Waals surface area (Å²) in [5.74, 6) is 0. The van der Waals surface area contributed by atoms with Gasteiger partial charge in [0.1, 0.15) is 0 Å². The van der Waals surface area contributed by atoms with Crippen LogP contribution in [0.2, 0.25) is 0 Å². The maximum absolute atomic E-state index is 8.00. The van der Waals surface area contributed by atoms with Crippen LogP contribution in [-0.2, 0) is 7.58 Å². The highest BCUT2D eigenvalue weighted by molar-refractivity contribution is 5.98. The van der Waals surface area contributed by atoms with E-state index in [1.54, 1.807) is 0 Å². The molecule has 0 aromatic rings. The molecule has 0 amide bonds. The molecule has 2 radical (unpaired) electrons. The Hall–Kier alpha value is -0.215. The molecular weight excluding hydrogens is 202 g/mol. The third-order valence-corrected chi connectivity index (χ3v) is 0.949. The van der Waals surface area contributed by atoms with Crippen LogP contribution in [0, 0.1) is 20.2 Å². The summed E-state index contributed by atoms with van der Waals surface area (Å²) in [5.41, 5.74) is 0. The Morgan fingerprint density at radius 1 is 1.00 bits per heavy atom. The number of rotatable bonds is 3. The summed E-state index contributed by atoms with van der Waals surface area (Å²) in [7, 11) is 0. The number of hydrogen-bond donors (Lipinski definition) is 0. The quantitative estimate of drug-likeness (QED) is 0.257. The van der Waals surface area contributed by atoms with Crippen molar-refractivity contribution in [2.75, 3.05) is 13.2 Å². The van der Waals surface area contributed by atoms with Gasteiger partial charge in [-0.25, -0.2) is 0 Å². The van der Waals surface area contributed by atoms with Gasteiger partial charge in [0.05, 0.1) is 0 Å². The topological polar surface area (TPSA) is 123 Å². The summed E-state index contributed by atoms with van der Waals surface area (Å²) >= 11 is 2.98. The van der Waals surface area contributed by atoms with Crippen molar-refractivity contribution in [1.82, 2.24) is 0 Å². The first-order valence-corrected chi connectivity index (χ1v) is 3.54. The number of nitrogens with zero attached hydrogens (tertiary/aromatic N) is 2. The largest absolute Gasteiger partial charge is 0.508 e. The maximum atomic E-state index is 8.00. The minimum Gasteiger partial charge on any atom is -0.508 e. The molecule has 0 heterocycles. The van der Waals surface area contributed by atoms with E-state index in [1.807, 2.05) is 0 Å². The first kappa shape index (κ1) is 17.8. The van der Waals surface area contributed by atoms with E-state index in [-0.39, 0.29) is 0 Å². The molecule has 0 saturated carbocycles. The second kappa shape index (κ2) is 30.9. The van der Waals surface area contributed by atoms with Crippen LogP contribution in [0.4, 0.5) is 0 Å². The van der Waals surface area contributed by atoms with Gasteiger partial charge >= 0.3 is 33.2 Å². The van der Waals surface area contributed by atoms with Crippen LogP contribution in [0.25, 0.3) is 0 Å². The molecule has 0 saturated heterocycles. The Labute approximate surface area is 85.2 Å². The van der Waals surface area contributed by atoms with Crippen molar-refractivity contribution < 1.29 is 7.58 Å². The third kappa shape index (κ3) is 97.4. The van der Waals surface area contributed by atoms with E-state index >= 15 is 0 Å². The molecule has 0 N–H and O–H groups in total. The van der Waals surface area contributed by atoms with Gasteiger partial charge in [-0.3, -0.25) is 0 Å². The molecule has 0 atom stereocenters. The van der Waals surface area contributed by atoms with E-state index in [9.17, 15) is 0 Å². The van der Waals surface area contributed by atoms with Gasteiger partial charge in [0.15, 0.2) is 0 Å². The predicted octanol–water partition coefficient (Wildman–Crippen LogP) is -0.848. The van der Waals surface area contributed by atoms with E-state index in [0.717, 1.165) is 10.7 Å². The Morgan fingerprint density at radius 2 is 1.17 bits per heavy atom. The lowest BCUT2D eigenvalue weighted by Crippen LogP contribution is -1.98. The lowest BCUT2D eigenvalue weighted by molar-refractivity contribution is 0.242. The molecule has 10 heteroatoms. The Morgan fingerprint density at radius 3 is 1.25 bits per heavy atom. The minimum atomic E-state index is 0.710. The highest BCUT2D eigenvalue weighted by Gasteiger charge is 1.72. The van der Waals surface area contributed by atoms with Crippen molar-refractivity contribution in [2.24, 2.45) is 10.7 Å². The van der Waals surface area contributed by atoms with Crippen molar-refractivity contribution >= 4 is 33.2 Å². The molecule has 0 bridgehead atoms. The summed E-state index contributed by atoms with van der Waals surface area (Å²) in [6.07, 6.45) is 0. The Bertz CT molecular complexity index is 73.9. The first-order chi connectivity index (χ1) is 5.74. The molecule has 0 aliphatic heterocycles. The van der Waals surface area contributed by atoms with E-state index in [0.29, 0.717) is 13.2 Å². The van der Waals surface area contributed by atoms with Gasteiger partial charge < -0.3 is 27.8 Å². The highest BCUT2D eigenvalue weighted by atomic mass is 27.1. The van der Waals surface area contributed by atoms with Crippen molar-refractivity contribution in [1.29, 1.82) is 0 Å². The molecule has 0 aliphatic rings. The fraction of sp³-hybridized carbons (Fsp3) is 1.00. The van der Waals surface area contributed by atoms with Gasteiger partial charge in [0.25, 0.3) is 0 Å². The van der Waals surface area contributed by atoms with Crippen LogP contribution in [0.1, 0.15) is 0 Å². The predicted molar refractivity (Wildman–Crippen MR) is 44.5 cm³/mol. The van der Waals surface area contributed by atoms with Crippen LogP contribution in [0.5, 0.6) is 0 Å². The average Bonchev–Trinajstić information content (AvgIpc) is 2.04. The van der Waals surface area contributed by atoms with Crippen molar-refractivity contribution in [3.8, 4) is 0 Å². The average molecular weight is 208 g/mol. The minimum absolute atomic E-state index is 0.710. The van der Waals surface area contributed by atoms with Gasteiger partial charge in [-0.2, -0.15) is 0 Å². The van der Waals surface area contributed by atoms with E-state index < -0.39 is 0 Å². The zero-order valence-corrected chi connectivity index (χ0v) is 9.00. The fourth-order valence-corrected chi connectivity index (χ4v) is 0.354. The molecule has 0 unspecified atom stereocenters. The highest BCUT2D eigenvalue weighted by Crippen LogP contribution is 1.63. The van der Waals surface area contributed by atoms with Crippen molar-refractivity contribution in [3.05, 3.63) is 20.2 Å². The lowest BCUT2D eigenvalue weighted by Gasteiger charge is -1.95. The molecule has 68 valence electrons. The smallest absolute Gasteiger partial charge is 0.394 e. The Balaban J connectivity index is -0.000000115. The first-order valence-electron chi connectivity index (χ1n) is 2.38. The monoisotopic (exact) mass is 208 g/mol. The molecule has 12 heavy (non-hydrogen) atoms. The summed E-state index contributed by atoms with van der Waals surface area (Å²) in [5, 5.41) is 18.0. The summed E-state index contributed by atoms with van der Waals surface area (Å²) in [6, 6.07) is 0. The van der Waals surface area contributed by atoms with E-state index in [4.69, 9.17) is 20.2 Å². The molecule has 0 fully saturated rings. The third-order valence-electron chi connectivity index (χ3n) is 0.372. The molecule has 0 aromatic heterocycles. The number of hydrogen-bond acceptors (Lipinski definition) is 8. The SMILES string of the molecule is O=N[O-].O=N[O-].[AlH][O]CC[O][AlH]. The fourth-order valence-electron chi connectivity index (χ4n) is 0.118. The van der Waals surface area contributed by atoms with Crippen LogP contribution in [0.3, 0.4) is 0 Å². The van der Waals surface area contributed by atoms with E-state index in [2.05, 4.69) is 7.58 Å². The summed E-state index contributed by atoms with van der Waals surface area (Å²) < 4.78 is 9.38. The van der Waals surface area contributed by atoms with Crippen molar-refractivity contribution in [3.63, 3.8) is 0 Å². The molecule has 8 nitrogen and oxygen atoms in total. The summed E-state index contributed by atoms with van der Waals surface area (Å²) in [6.45, 7) is 1.42. The van der Waals surface area contributed by atoms with Crippen LogP contribution < -0.4 is 0 Å². The van der Waals surface area contributed by atoms with Gasteiger partial charge in [-0.05, 0) is 0 Å². The molecule has 0 rings (SSSR count). The molecule has 0 aromatic carbocycles. The van der Waals surface area contributed by atoms with Crippen LogP contribution in [-0.4, -0.2) is 46.5 Å². The molecule has 0 spiro atoms. The summed E-state index contributed by atoms with van der Waals surface area (Å²) in [4.78, 5) is 16.0. The Kier molecular flexibility index (Phi) is 45.7. The van der Waals surface area contributed by atoms with Crippen molar-refractivity contribution in [2.45, 2.75) is 0 Å². The molecular formula is C2H6Al2N2O6-2.